The Kier molecular flexibility index (Phi) is 7.83. The van der Waals surface area contributed by atoms with Gasteiger partial charge in [0.15, 0.2) is 15.7 Å². The van der Waals surface area contributed by atoms with Crippen molar-refractivity contribution in [2.75, 3.05) is 43.2 Å². The van der Waals surface area contributed by atoms with E-state index in [1.165, 1.54) is 0 Å². The number of nitrogens with zero attached hydrogens (tertiary/aromatic N) is 4. The Bertz CT molecular complexity index is 1450. The molecule has 3 aromatic rings. The zero-order valence-electron chi connectivity index (χ0n) is 21.9. The maximum absolute atomic E-state index is 13.5. The van der Waals surface area contributed by atoms with Crippen molar-refractivity contribution in [2.45, 2.75) is 42.2 Å². The van der Waals surface area contributed by atoms with E-state index in [2.05, 4.69) is 27.4 Å². The second-order valence-electron chi connectivity index (χ2n) is 9.86. The first-order valence-electron chi connectivity index (χ1n) is 12.8. The van der Waals surface area contributed by atoms with Crippen LogP contribution in [-0.4, -0.2) is 73.7 Å². The molecule has 39 heavy (non-hydrogen) atoms. The number of carbonyl (C=O) groups is 1. The highest BCUT2D eigenvalue weighted by Gasteiger charge is 2.58. The van der Waals surface area contributed by atoms with Crippen LogP contribution in [0.3, 0.4) is 0 Å². The van der Waals surface area contributed by atoms with Crippen LogP contribution in [0, 0.1) is 12.8 Å². The van der Waals surface area contributed by atoms with Crippen molar-refractivity contribution in [3.63, 3.8) is 0 Å². The fraction of sp³-hybridized carbons (Fsp3) is 0.462. The molecule has 2 amide bonds. The summed E-state index contributed by atoms with van der Waals surface area (Å²) in [7, 11) is -3.56. The molecule has 2 aromatic heterocycles. The van der Waals surface area contributed by atoms with Gasteiger partial charge in [0.25, 0.3) is 0 Å². The van der Waals surface area contributed by atoms with Crippen LogP contribution in [-0.2, 0) is 14.6 Å². The fourth-order valence-corrected chi connectivity index (χ4v) is 8.69. The summed E-state index contributed by atoms with van der Waals surface area (Å²) in [6.45, 7) is 6.82. The first-order valence-corrected chi connectivity index (χ1v) is 15.2. The Morgan fingerprint density at radius 3 is 2.67 bits per heavy atom. The average Bonchev–Trinajstić information content (AvgIpc) is 3.42. The molecule has 1 aromatic carbocycles. The molecule has 0 spiro atoms. The van der Waals surface area contributed by atoms with Gasteiger partial charge in [-0.3, -0.25) is 0 Å². The van der Waals surface area contributed by atoms with Crippen LogP contribution >= 0.6 is 11.3 Å². The number of carbonyl (C=O) groups excluding carboxylic acids is 1. The number of sulfone groups is 1. The van der Waals surface area contributed by atoms with E-state index in [1.54, 1.807) is 36.7 Å². The van der Waals surface area contributed by atoms with Crippen molar-refractivity contribution in [3.05, 3.63) is 47.2 Å². The number of nitrogens with one attached hydrogen (secondary N) is 2. The first-order chi connectivity index (χ1) is 18.7. The second-order valence-corrected chi connectivity index (χ2v) is 13.0. The van der Waals surface area contributed by atoms with E-state index in [0.717, 1.165) is 22.7 Å². The molecular formula is C26H31FN6O4S2. The average molecular weight is 575 g/mol. The van der Waals surface area contributed by atoms with Crippen molar-refractivity contribution in [1.82, 2.24) is 20.3 Å². The number of benzene rings is 1. The third-order valence-electron chi connectivity index (χ3n) is 7.13. The van der Waals surface area contributed by atoms with Gasteiger partial charge >= 0.3 is 6.03 Å². The lowest BCUT2D eigenvalue weighted by Gasteiger charge is -2.34. The molecule has 10 nitrogen and oxygen atoms in total. The lowest BCUT2D eigenvalue weighted by atomic mass is 10.1. The monoisotopic (exact) mass is 574 g/mol. The van der Waals surface area contributed by atoms with Gasteiger partial charge in [0.05, 0.1) is 41.4 Å². The van der Waals surface area contributed by atoms with Crippen molar-refractivity contribution in [1.29, 1.82) is 0 Å². The molecule has 13 heteroatoms. The summed E-state index contributed by atoms with van der Waals surface area (Å²) >= 11 is 1.15. The number of amides is 2. The SMILES string of the molecule is Cc1ncsc1S(=O)(=O)C1C(C)C1c1cc(N2CCOC[C@@H]2C)nc(-c2ccc(NC(=O)NCCF)cc2)n1. The molecule has 3 unspecified atom stereocenters. The van der Waals surface area contributed by atoms with Crippen LogP contribution in [0.4, 0.5) is 20.7 Å². The minimum Gasteiger partial charge on any atom is -0.377 e. The molecule has 0 radical (unpaired) electrons. The summed E-state index contributed by atoms with van der Waals surface area (Å²) in [5, 5.41) is 4.50. The predicted molar refractivity (Wildman–Crippen MR) is 148 cm³/mol. The molecule has 0 bridgehead atoms. The highest BCUT2D eigenvalue weighted by Crippen LogP contribution is 2.54. The molecule has 1 aliphatic carbocycles. The highest BCUT2D eigenvalue weighted by atomic mass is 32.2. The van der Waals surface area contributed by atoms with Crippen LogP contribution < -0.4 is 15.5 Å². The number of urea groups is 1. The lowest BCUT2D eigenvalue weighted by molar-refractivity contribution is 0.0985. The summed E-state index contributed by atoms with van der Waals surface area (Å²) in [5.74, 6) is 0.818. The van der Waals surface area contributed by atoms with E-state index in [0.29, 0.717) is 46.9 Å². The van der Waals surface area contributed by atoms with E-state index >= 15 is 0 Å². The number of alkyl halides is 1. The first kappa shape index (κ1) is 27.4. The zero-order chi connectivity index (χ0) is 27.7. The van der Waals surface area contributed by atoms with Gasteiger partial charge in [0.1, 0.15) is 16.7 Å². The minimum atomic E-state index is -3.56. The standard InChI is InChI=1S/C26H31FN6O4S2/c1-15-13-37-11-10-33(15)21-12-20(22-16(2)23(22)39(35,36)25-17(3)29-14-38-25)31-24(32-21)18-4-6-19(7-5-18)30-26(34)28-9-8-27/h4-7,12,14-16,22-23H,8-11,13H2,1-3H3,(H2,28,30,34)/t15-,16?,22?,23?/m0/s1. The van der Waals surface area contributed by atoms with Crippen molar-refractivity contribution < 1.29 is 22.3 Å². The van der Waals surface area contributed by atoms with Gasteiger partial charge < -0.3 is 20.3 Å². The van der Waals surface area contributed by atoms with E-state index in [4.69, 9.17) is 14.7 Å². The van der Waals surface area contributed by atoms with Crippen molar-refractivity contribution in [2.24, 2.45) is 5.92 Å². The van der Waals surface area contributed by atoms with E-state index < -0.39 is 27.8 Å². The summed E-state index contributed by atoms with van der Waals surface area (Å²) in [4.78, 5) is 27.9. The quantitative estimate of drug-likeness (QED) is 0.416. The topological polar surface area (TPSA) is 126 Å². The number of morpholine rings is 1. The maximum atomic E-state index is 13.5. The number of hydrogen-bond donors (Lipinski definition) is 2. The van der Waals surface area contributed by atoms with Crippen LogP contribution in [0.2, 0.25) is 0 Å². The third kappa shape index (κ3) is 5.61. The third-order valence-corrected chi connectivity index (χ3v) is 11.1. The number of rotatable bonds is 8. The molecule has 1 aliphatic heterocycles. The Morgan fingerprint density at radius 1 is 1.23 bits per heavy atom. The molecular weight excluding hydrogens is 543 g/mol. The molecule has 2 aliphatic rings. The summed E-state index contributed by atoms with van der Waals surface area (Å²) in [5.41, 5.74) is 4.03. The van der Waals surface area contributed by atoms with Crippen molar-refractivity contribution >= 4 is 38.7 Å². The smallest absolute Gasteiger partial charge is 0.319 e. The Labute approximate surface area is 231 Å². The number of hydrogen-bond acceptors (Lipinski definition) is 9. The molecule has 1 saturated heterocycles. The Morgan fingerprint density at radius 2 is 2.00 bits per heavy atom. The number of aryl methyl sites for hydroxylation is 1. The van der Waals surface area contributed by atoms with Crippen LogP contribution in [0.15, 0.2) is 40.1 Å². The molecule has 4 atom stereocenters. The molecule has 2 N–H and O–H groups in total. The highest BCUT2D eigenvalue weighted by molar-refractivity contribution is 7.94. The Hall–Kier alpha value is -3.16. The summed E-state index contributed by atoms with van der Waals surface area (Å²) in [6, 6.07) is 8.54. The van der Waals surface area contributed by atoms with Gasteiger partial charge in [-0.2, -0.15) is 0 Å². The zero-order valence-corrected chi connectivity index (χ0v) is 23.6. The molecule has 5 rings (SSSR count). The van der Waals surface area contributed by atoms with Gasteiger partial charge in [-0.05, 0) is 44.0 Å². The minimum absolute atomic E-state index is 0.0633. The fourth-order valence-electron chi connectivity index (χ4n) is 5.03. The maximum Gasteiger partial charge on any atom is 0.319 e. The van der Waals surface area contributed by atoms with Gasteiger partial charge in [-0.25, -0.2) is 32.6 Å². The van der Waals surface area contributed by atoms with Crippen molar-refractivity contribution in [3.8, 4) is 11.4 Å². The van der Waals surface area contributed by atoms with E-state index in [1.807, 2.05) is 13.0 Å². The molecule has 208 valence electrons. The predicted octanol–water partition coefficient (Wildman–Crippen LogP) is 3.80. The lowest BCUT2D eigenvalue weighted by Crippen LogP contribution is -2.44. The molecule has 1 saturated carbocycles. The van der Waals surface area contributed by atoms with Gasteiger partial charge in [0.2, 0.25) is 0 Å². The van der Waals surface area contributed by atoms with E-state index in [-0.39, 0.29) is 24.4 Å². The number of halogens is 1. The van der Waals surface area contributed by atoms with Gasteiger partial charge in [-0.1, -0.05) is 6.92 Å². The number of ether oxygens (including phenoxy) is 1. The number of aromatic nitrogens is 3. The summed E-state index contributed by atoms with van der Waals surface area (Å²) < 4.78 is 45.2. The van der Waals surface area contributed by atoms with E-state index in [9.17, 15) is 17.6 Å². The normalized spacial score (nSPS) is 22.9. The largest absolute Gasteiger partial charge is 0.377 e. The van der Waals surface area contributed by atoms with Gasteiger partial charge in [0, 0.05) is 36.3 Å². The van der Waals surface area contributed by atoms with Crippen LogP contribution in [0.25, 0.3) is 11.4 Å². The number of anilines is 2. The van der Waals surface area contributed by atoms with Crippen LogP contribution in [0.5, 0.6) is 0 Å². The molecule has 2 fully saturated rings. The second kappa shape index (κ2) is 11.1. The van der Waals surface area contributed by atoms with Crippen LogP contribution in [0.1, 0.15) is 31.2 Å². The van der Waals surface area contributed by atoms with Gasteiger partial charge in [-0.15, -0.1) is 11.3 Å². The Balaban J connectivity index is 1.48. The molecule has 3 heterocycles. The number of thiazole rings is 1. The summed E-state index contributed by atoms with van der Waals surface area (Å²) in [6.07, 6.45) is 0.